The van der Waals surface area contributed by atoms with Crippen molar-refractivity contribution in [2.75, 3.05) is 6.61 Å². The highest BCUT2D eigenvalue weighted by molar-refractivity contribution is 5.66. The highest BCUT2D eigenvalue weighted by Gasteiger charge is 2.56. The van der Waals surface area contributed by atoms with E-state index < -0.39 is 0 Å². The quantitative estimate of drug-likeness (QED) is 0.475. The minimum absolute atomic E-state index is 0.111. The van der Waals surface area contributed by atoms with Crippen molar-refractivity contribution in [1.82, 2.24) is 0 Å². The van der Waals surface area contributed by atoms with E-state index in [0.717, 1.165) is 19.3 Å². The molecule has 0 amide bonds. The molecule has 0 aromatic heterocycles. The average molecular weight is 359 g/mol. The van der Waals surface area contributed by atoms with E-state index in [0.29, 0.717) is 24.4 Å². The van der Waals surface area contributed by atoms with Gasteiger partial charge < -0.3 is 9.47 Å². The second kappa shape index (κ2) is 8.02. The summed E-state index contributed by atoms with van der Waals surface area (Å²) >= 11 is 0. The largest absolute Gasteiger partial charge is 0.501 e. The van der Waals surface area contributed by atoms with Crippen LogP contribution in [0.1, 0.15) is 66.2 Å². The van der Waals surface area contributed by atoms with E-state index in [4.69, 9.17) is 9.47 Å². The van der Waals surface area contributed by atoms with Gasteiger partial charge in [-0.2, -0.15) is 0 Å². The molecule has 2 saturated carbocycles. The van der Waals surface area contributed by atoms with Crippen LogP contribution >= 0.6 is 0 Å². The van der Waals surface area contributed by atoms with Crippen molar-refractivity contribution in [3.8, 4) is 0 Å². The average Bonchev–Trinajstić information content (AvgIpc) is 2.93. The summed E-state index contributed by atoms with van der Waals surface area (Å²) in [6.45, 7) is 8.77. The van der Waals surface area contributed by atoms with Crippen LogP contribution < -0.4 is 0 Å². The molecule has 0 aliphatic heterocycles. The van der Waals surface area contributed by atoms with E-state index in [-0.39, 0.29) is 17.5 Å². The molecular formula is C23H34O3. The predicted molar refractivity (Wildman–Crippen MR) is 104 cm³/mol. The number of esters is 1. The van der Waals surface area contributed by atoms with Crippen LogP contribution in [0.3, 0.4) is 0 Å². The Hall–Kier alpha value is -1.51. The third kappa shape index (κ3) is 3.50. The first kappa shape index (κ1) is 19.3. The van der Waals surface area contributed by atoms with Gasteiger partial charge in [-0.15, -0.1) is 0 Å². The summed E-state index contributed by atoms with van der Waals surface area (Å²) in [6, 6.07) is 0. The topological polar surface area (TPSA) is 35.5 Å². The summed E-state index contributed by atoms with van der Waals surface area (Å²) in [5.74, 6) is 1.89. The maximum Gasteiger partial charge on any atom is 0.302 e. The van der Waals surface area contributed by atoms with Crippen LogP contribution in [0, 0.1) is 23.2 Å². The molecule has 0 spiro atoms. The molecule has 3 aliphatic carbocycles. The Morgan fingerprint density at radius 2 is 2.04 bits per heavy atom. The third-order valence-electron chi connectivity index (χ3n) is 7.05. The van der Waals surface area contributed by atoms with E-state index >= 15 is 0 Å². The Morgan fingerprint density at radius 3 is 2.73 bits per heavy atom. The lowest BCUT2D eigenvalue weighted by Gasteiger charge is -2.50. The molecule has 144 valence electrons. The van der Waals surface area contributed by atoms with Gasteiger partial charge in [-0.05, 0) is 87.3 Å². The van der Waals surface area contributed by atoms with Crippen molar-refractivity contribution in [2.45, 2.75) is 72.3 Å². The molecule has 0 heterocycles. The van der Waals surface area contributed by atoms with Crippen LogP contribution in [-0.4, -0.2) is 18.7 Å². The van der Waals surface area contributed by atoms with Crippen LogP contribution in [0.4, 0.5) is 0 Å². The molecule has 3 nitrogen and oxygen atoms in total. The van der Waals surface area contributed by atoms with Gasteiger partial charge in [-0.25, -0.2) is 0 Å². The molecule has 3 heteroatoms. The van der Waals surface area contributed by atoms with Crippen LogP contribution in [-0.2, 0) is 14.3 Å². The Morgan fingerprint density at radius 1 is 1.23 bits per heavy atom. The molecule has 0 aromatic rings. The fraction of sp³-hybridized carbons (Fsp3) is 0.696. The lowest BCUT2D eigenvalue weighted by molar-refractivity contribution is -0.155. The molecule has 0 aromatic carbocycles. The lowest BCUT2D eigenvalue weighted by atomic mass is 9.55. The number of hydrogen-bond acceptors (Lipinski definition) is 3. The summed E-state index contributed by atoms with van der Waals surface area (Å²) in [5.41, 5.74) is 3.11. The van der Waals surface area contributed by atoms with Crippen LogP contribution in [0.15, 0.2) is 35.6 Å². The number of ether oxygens (including phenoxy) is 2. The van der Waals surface area contributed by atoms with Gasteiger partial charge in [-0.1, -0.05) is 19.1 Å². The number of fused-ring (bicyclic) bond motifs is 3. The van der Waals surface area contributed by atoms with E-state index in [2.05, 4.69) is 32.1 Å². The Kier molecular flexibility index (Phi) is 5.94. The van der Waals surface area contributed by atoms with Gasteiger partial charge in [0, 0.05) is 12.3 Å². The molecule has 0 bridgehead atoms. The van der Waals surface area contributed by atoms with Crippen molar-refractivity contribution >= 4 is 5.97 Å². The number of carbonyl (C=O) groups is 1. The summed E-state index contributed by atoms with van der Waals surface area (Å²) in [7, 11) is 0. The Labute approximate surface area is 158 Å². The zero-order valence-electron chi connectivity index (χ0n) is 16.8. The summed E-state index contributed by atoms with van der Waals surface area (Å²) in [6.07, 6.45) is 15.6. The number of allylic oxidation sites excluding steroid dienone is 5. The molecule has 3 rings (SSSR count). The molecule has 26 heavy (non-hydrogen) atoms. The van der Waals surface area contributed by atoms with E-state index in [1.54, 1.807) is 6.92 Å². The fourth-order valence-electron chi connectivity index (χ4n) is 5.94. The van der Waals surface area contributed by atoms with E-state index in [1.807, 2.05) is 13.2 Å². The van der Waals surface area contributed by atoms with Crippen LogP contribution in [0.5, 0.6) is 0 Å². The molecule has 3 aliphatic rings. The molecule has 0 N–H and O–H groups in total. The van der Waals surface area contributed by atoms with Gasteiger partial charge in [0.15, 0.2) is 0 Å². The first-order chi connectivity index (χ1) is 12.5. The maximum absolute atomic E-state index is 11.5. The zero-order chi connectivity index (χ0) is 18.7. The number of carbonyl (C=O) groups excluding carboxylic acids is 1. The monoisotopic (exact) mass is 358 g/mol. The number of hydrogen-bond donors (Lipinski definition) is 0. The smallest absolute Gasteiger partial charge is 0.302 e. The van der Waals surface area contributed by atoms with E-state index in [1.165, 1.54) is 30.4 Å². The normalized spacial score (nSPS) is 37.1. The zero-order valence-corrected chi connectivity index (χ0v) is 16.8. The van der Waals surface area contributed by atoms with Gasteiger partial charge >= 0.3 is 5.97 Å². The van der Waals surface area contributed by atoms with Crippen molar-refractivity contribution in [3.63, 3.8) is 0 Å². The van der Waals surface area contributed by atoms with Gasteiger partial charge in [-0.3, -0.25) is 4.79 Å². The maximum atomic E-state index is 11.5. The third-order valence-corrected chi connectivity index (χ3v) is 7.05. The predicted octanol–water partition coefficient (Wildman–Crippen LogP) is 5.58. The van der Waals surface area contributed by atoms with Crippen molar-refractivity contribution in [2.24, 2.45) is 23.2 Å². The summed E-state index contributed by atoms with van der Waals surface area (Å²) in [4.78, 5) is 11.5. The highest BCUT2D eigenvalue weighted by atomic mass is 16.5. The minimum Gasteiger partial charge on any atom is -0.501 e. The van der Waals surface area contributed by atoms with Crippen molar-refractivity contribution < 1.29 is 14.3 Å². The first-order valence-corrected chi connectivity index (χ1v) is 10.3. The minimum atomic E-state index is -0.125. The SMILES string of the molecule is CC=CC1=C(C=COCC)CC[C@@H]2C1CC[C@@]1(C)C2CC[C@@H]1OC(C)=O. The van der Waals surface area contributed by atoms with Gasteiger partial charge in [0.05, 0.1) is 12.9 Å². The first-order valence-electron chi connectivity index (χ1n) is 10.3. The molecule has 0 radical (unpaired) electrons. The standard InChI is InChI=1S/C23H34O3/c1-5-7-18-17(13-15-25-6-2)8-9-20-19(18)12-14-23(4)21(20)10-11-22(23)26-16(3)24/h5,7,13,15,19-22H,6,8-12,14H2,1-4H3/t19?,20-,21?,22+,23+/m1/s1. The van der Waals surface area contributed by atoms with Gasteiger partial charge in [0.2, 0.25) is 0 Å². The van der Waals surface area contributed by atoms with Crippen molar-refractivity contribution in [3.05, 3.63) is 35.6 Å². The highest BCUT2D eigenvalue weighted by Crippen LogP contribution is 2.60. The van der Waals surface area contributed by atoms with Gasteiger partial charge in [0.1, 0.15) is 6.10 Å². The van der Waals surface area contributed by atoms with E-state index in [9.17, 15) is 4.79 Å². The molecule has 2 unspecified atom stereocenters. The summed E-state index contributed by atoms with van der Waals surface area (Å²) < 4.78 is 11.2. The van der Waals surface area contributed by atoms with Crippen LogP contribution in [0.25, 0.3) is 0 Å². The number of rotatable bonds is 5. The Bertz CT molecular complexity index is 615. The van der Waals surface area contributed by atoms with Crippen molar-refractivity contribution in [1.29, 1.82) is 0 Å². The second-order valence-corrected chi connectivity index (χ2v) is 8.37. The molecular weight excluding hydrogens is 324 g/mol. The Balaban J connectivity index is 1.85. The van der Waals surface area contributed by atoms with Gasteiger partial charge in [0.25, 0.3) is 0 Å². The lowest BCUT2D eigenvalue weighted by Crippen LogP contribution is -2.45. The molecule has 2 fully saturated rings. The summed E-state index contributed by atoms with van der Waals surface area (Å²) in [5, 5.41) is 0. The molecule has 5 atom stereocenters. The second-order valence-electron chi connectivity index (χ2n) is 8.37. The molecule has 0 saturated heterocycles. The van der Waals surface area contributed by atoms with Crippen LogP contribution in [0.2, 0.25) is 0 Å². The fourth-order valence-corrected chi connectivity index (χ4v) is 5.94.